The number of carbonyl (C=O) groups is 1. The predicted octanol–water partition coefficient (Wildman–Crippen LogP) is 5.67. The van der Waals surface area contributed by atoms with Crippen LogP contribution in [0.3, 0.4) is 0 Å². The van der Waals surface area contributed by atoms with Gasteiger partial charge in [0.1, 0.15) is 16.2 Å². The average Bonchev–Trinajstić information content (AvgIpc) is 3.04. The fraction of sp³-hybridized carbons (Fsp3) is 0.409. The molecule has 0 unspecified atom stereocenters. The van der Waals surface area contributed by atoms with Gasteiger partial charge in [0.05, 0.1) is 5.75 Å². The zero-order valence-corrected chi connectivity index (χ0v) is 18.1. The second-order valence-corrected chi connectivity index (χ2v) is 9.84. The van der Waals surface area contributed by atoms with Crippen molar-refractivity contribution < 1.29 is 4.79 Å². The van der Waals surface area contributed by atoms with Crippen molar-refractivity contribution in [1.29, 1.82) is 0 Å². The number of rotatable bonds is 5. The lowest BCUT2D eigenvalue weighted by molar-refractivity contribution is -0.113. The molecule has 0 spiro atoms. The summed E-state index contributed by atoms with van der Waals surface area (Å²) in [6, 6.07) is 8.01. The smallest absolute Gasteiger partial charge is 0.234 e. The first-order valence-corrected chi connectivity index (χ1v) is 11.6. The van der Waals surface area contributed by atoms with E-state index in [1.807, 2.05) is 18.2 Å². The van der Waals surface area contributed by atoms with Crippen LogP contribution in [0.5, 0.6) is 0 Å². The molecule has 6 heteroatoms. The van der Waals surface area contributed by atoms with Crippen molar-refractivity contribution >= 4 is 44.9 Å². The molecule has 1 aromatic carbocycles. The summed E-state index contributed by atoms with van der Waals surface area (Å²) >= 11 is 3.31. The van der Waals surface area contributed by atoms with Crippen LogP contribution in [0.15, 0.2) is 35.6 Å². The van der Waals surface area contributed by atoms with Gasteiger partial charge in [-0.05, 0) is 48.3 Å². The molecule has 4 nitrogen and oxygen atoms in total. The van der Waals surface area contributed by atoms with E-state index in [-0.39, 0.29) is 5.91 Å². The van der Waals surface area contributed by atoms with Crippen molar-refractivity contribution in [3.8, 4) is 0 Å². The van der Waals surface area contributed by atoms with Gasteiger partial charge < -0.3 is 5.32 Å². The maximum Gasteiger partial charge on any atom is 0.234 e. The van der Waals surface area contributed by atoms with Crippen molar-refractivity contribution in [3.63, 3.8) is 0 Å². The number of thiophene rings is 1. The van der Waals surface area contributed by atoms with Crippen LogP contribution in [-0.2, 0) is 17.6 Å². The molecule has 2 heterocycles. The van der Waals surface area contributed by atoms with Gasteiger partial charge in [0.2, 0.25) is 5.91 Å². The maximum atomic E-state index is 12.6. The lowest BCUT2D eigenvalue weighted by Crippen LogP contribution is -2.15. The molecule has 1 aliphatic carbocycles. The lowest BCUT2D eigenvalue weighted by atomic mass is 9.89. The molecule has 2 aromatic heterocycles. The van der Waals surface area contributed by atoms with Gasteiger partial charge in [-0.2, -0.15) is 0 Å². The number of nitrogens with one attached hydrogen (secondary N) is 1. The standard InChI is InChI=1S/C22H25N3OS2/c1-13(2)15-6-4-5-7-17(15)25-19(26)11-27-21-20-16-9-8-14(3)10-18(16)28-22(20)24-12-23-21/h4-7,12-14H,8-11H2,1-3H3,(H,25,26)/t14-/m1/s1. The largest absolute Gasteiger partial charge is 0.325 e. The van der Waals surface area contributed by atoms with E-state index in [4.69, 9.17) is 0 Å². The quantitative estimate of drug-likeness (QED) is 0.434. The Bertz CT molecular complexity index is 1010. The van der Waals surface area contributed by atoms with Gasteiger partial charge in [-0.1, -0.05) is 50.7 Å². The van der Waals surface area contributed by atoms with Gasteiger partial charge in [0.25, 0.3) is 0 Å². The molecule has 0 fully saturated rings. The van der Waals surface area contributed by atoms with Crippen molar-refractivity contribution in [2.24, 2.45) is 5.92 Å². The molecule has 1 amide bonds. The Morgan fingerprint density at radius 3 is 2.96 bits per heavy atom. The van der Waals surface area contributed by atoms with E-state index >= 15 is 0 Å². The number of anilines is 1. The molecule has 0 aliphatic heterocycles. The van der Waals surface area contributed by atoms with Gasteiger partial charge in [-0.15, -0.1) is 11.3 Å². The Hall–Kier alpha value is -1.92. The van der Waals surface area contributed by atoms with Crippen molar-refractivity contribution in [2.75, 3.05) is 11.1 Å². The van der Waals surface area contributed by atoms with Crippen LogP contribution in [0.1, 0.15) is 49.1 Å². The second kappa shape index (κ2) is 8.21. The van der Waals surface area contributed by atoms with Gasteiger partial charge in [-0.3, -0.25) is 4.79 Å². The Morgan fingerprint density at radius 2 is 2.14 bits per heavy atom. The zero-order valence-electron chi connectivity index (χ0n) is 16.5. The van der Waals surface area contributed by atoms with Crippen LogP contribution in [0.25, 0.3) is 10.2 Å². The van der Waals surface area contributed by atoms with Crippen molar-refractivity contribution in [3.05, 3.63) is 46.6 Å². The number of fused-ring (bicyclic) bond motifs is 3. The number of amides is 1. The third kappa shape index (κ3) is 3.94. The van der Waals surface area contributed by atoms with Crippen LogP contribution in [0.2, 0.25) is 0 Å². The normalized spacial score (nSPS) is 16.4. The number of carbonyl (C=O) groups excluding carboxylic acids is 1. The van der Waals surface area contributed by atoms with E-state index in [1.165, 1.54) is 34.0 Å². The minimum atomic E-state index is 0.00239. The van der Waals surface area contributed by atoms with E-state index in [0.717, 1.165) is 39.9 Å². The van der Waals surface area contributed by atoms with E-state index in [9.17, 15) is 4.79 Å². The minimum absolute atomic E-state index is 0.00239. The fourth-order valence-electron chi connectivity index (χ4n) is 3.79. The summed E-state index contributed by atoms with van der Waals surface area (Å²) in [5.74, 6) is 1.45. The van der Waals surface area contributed by atoms with Crippen LogP contribution in [0.4, 0.5) is 5.69 Å². The summed E-state index contributed by atoms with van der Waals surface area (Å²) in [7, 11) is 0. The van der Waals surface area contributed by atoms with Gasteiger partial charge >= 0.3 is 0 Å². The Kier molecular flexibility index (Phi) is 5.69. The van der Waals surface area contributed by atoms with Crippen molar-refractivity contribution in [2.45, 2.75) is 51.0 Å². The highest BCUT2D eigenvalue weighted by Crippen LogP contribution is 2.40. The number of aryl methyl sites for hydroxylation is 1. The SMILES string of the molecule is CC(C)c1ccccc1NC(=O)CSc1ncnc2sc3c(c12)CC[C@@H](C)C3. The van der Waals surface area contributed by atoms with Gasteiger partial charge in [0, 0.05) is 16.0 Å². The summed E-state index contributed by atoms with van der Waals surface area (Å²) < 4.78 is 0. The molecule has 0 bridgehead atoms. The van der Waals surface area contributed by atoms with Crippen LogP contribution in [0, 0.1) is 5.92 Å². The molecule has 0 radical (unpaired) electrons. The molecular weight excluding hydrogens is 386 g/mol. The molecule has 3 aromatic rings. The third-order valence-corrected chi connectivity index (χ3v) is 7.41. The summed E-state index contributed by atoms with van der Waals surface area (Å²) in [5, 5.41) is 5.18. The first-order valence-electron chi connectivity index (χ1n) is 9.79. The van der Waals surface area contributed by atoms with E-state index in [2.05, 4.69) is 42.1 Å². The Balaban J connectivity index is 1.51. The number of para-hydroxylation sites is 1. The van der Waals surface area contributed by atoms with E-state index in [0.29, 0.717) is 11.7 Å². The molecule has 28 heavy (non-hydrogen) atoms. The van der Waals surface area contributed by atoms with Gasteiger partial charge in [-0.25, -0.2) is 9.97 Å². The van der Waals surface area contributed by atoms with Crippen molar-refractivity contribution in [1.82, 2.24) is 9.97 Å². The molecular formula is C22H25N3OS2. The lowest BCUT2D eigenvalue weighted by Gasteiger charge is -2.18. The highest BCUT2D eigenvalue weighted by Gasteiger charge is 2.23. The molecule has 0 saturated carbocycles. The first kappa shape index (κ1) is 19.4. The Labute approximate surface area is 174 Å². The summed E-state index contributed by atoms with van der Waals surface area (Å²) in [6.07, 6.45) is 5.06. The van der Waals surface area contributed by atoms with Crippen LogP contribution >= 0.6 is 23.1 Å². The van der Waals surface area contributed by atoms with E-state index in [1.54, 1.807) is 17.7 Å². The molecule has 146 valence electrons. The summed E-state index contributed by atoms with van der Waals surface area (Å²) in [4.78, 5) is 24.1. The molecule has 1 atom stereocenters. The van der Waals surface area contributed by atoms with Gasteiger partial charge in [0.15, 0.2) is 0 Å². The topological polar surface area (TPSA) is 54.9 Å². The number of hydrogen-bond acceptors (Lipinski definition) is 5. The van der Waals surface area contributed by atoms with E-state index < -0.39 is 0 Å². The highest BCUT2D eigenvalue weighted by molar-refractivity contribution is 8.00. The number of nitrogens with zero attached hydrogens (tertiary/aromatic N) is 2. The number of hydrogen-bond donors (Lipinski definition) is 1. The average molecular weight is 412 g/mol. The highest BCUT2D eigenvalue weighted by atomic mass is 32.2. The molecule has 1 N–H and O–H groups in total. The molecule has 0 saturated heterocycles. The minimum Gasteiger partial charge on any atom is -0.325 e. The summed E-state index contributed by atoms with van der Waals surface area (Å²) in [5.41, 5.74) is 3.47. The number of benzene rings is 1. The fourth-order valence-corrected chi connectivity index (χ4v) is 6.03. The second-order valence-electron chi connectivity index (χ2n) is 7.79. The predicted molar refractivity (Wildman–Crippen MR) is 118 cm³/mol. The number of aromatic nitrogens is 2. The monoisotopic (exact) mass is 411 g/mol. The number of thioether (sulfide) groups is 1. The molecule has 4 rings (SSSR count). The van der Waals surface area contributed by atoms with Crippen LogP contribution < -0.4 is 5.32 Å². The third-order valence-electron chi connectivity index (χ3n) is 5.25. The molecule has 1 aliphatic rings. The first-order chi connectivity index (χ1) is 13.5. The maximum absolute atomic E-state index is 12.6. The zero-order chi connectivity index (χ0) is 19.7. The van der Waals surface area contributed by atoms with Crippen LogP contribution in [-0.4, -0.2) is 21.6 Å². The Morgan fingerprint density at radius 1 is 1.32 bits per heavy atom. The summed E-state index contributed by atoms with van der Waals surface area (Å²) in [6.45, 7) is 6.59.